The molecule has 0 N–H and O–H groups in total. The highest BCUT2D eigenvalue weighted by molar-refractivity contribution is 6.03. The van der Waals surface area contributed by atoms with Gasteiger partial charge in [0.2, 0.25) is 5.91 Å². The predicted octanol–water partition coefficient (Wildman–Crippen LogP) is 1.93. The monoisotopic (exact) mass is 206 g/mol. The molecule has 0 bridgehead atoms. The Hall–Kier alpha value is -1.71. The number of carbonyl (C=O) groups is 1. The van der Waals surface area contributed by atoms with Gasteiger partial charge in [0.05, 0.1) is 13.0 Å². The number of halogens is 1. The van der Waals surface area contributed by atoms with Crippen LogP contribution >= 0.6 is 0 Å². The van der Waals surface area contributed by atoms with Crippen LogP contribution in [0.15, 0.2) is 29.4 Å². The van der Waals surface area contributed by atoms with Crippen LogP contribution in [-0.2, 0) is 11.3 Å². The minimum Gasteiger partial charge on any atom is -0.273 e. The van der Waals surface area contributed by atoms with Crippen LogP contribution in [0.5, 0.6) is 0 Å². The van der Waals surface area contributed by atoms with Crippen LogP contribution in [0.4, 0.5) is 4.39 Å². The van der Waals surface area contributed by atoms with Gasteiger partial charge in [0.15, 0.2) is 0 Å². The van der Waals surface area contributed by atoms with Crippen molar-refractivity contribution >= 4 is 11.6 Å². The van der Waals surface area contributed by atoms with Crippen molar-refractivity contribution in [3.63, 3.8) is 0 Å². The minimum absolute atomic E-state index is 0.0308. The maximum Gasteiger partial charge on any atom is 0.248 e. The highest BCUT2D eigenvalue weighted by Crippen LogP contribution is 2.13. The molecule has 1 amide bonds. The van der Waals surface area contributed by atoms with Gasteiger partial charge in [-0.25, -0.2) is 9.40 Å². The summed E-state index contributed by atoms with van der Waals surface area (Å²) in [6, 6.07) is 6.20. The number of amides is 1. The average molecular weight is 206 g/mol. The van der Waals surface area contributed by atoms with E-state index in [0.717, 1.165) is 11.3 Å². The summed E-state index contributed by atoms with van der Waals surface area (Å²) >= 11 is 0. The van der Waals surface area contributed by atoms with E-state index in [1.54, 1.807) is 12.1 Å². The van der Waals surface area contributed by atoms with Gasteiger partial charge in [-0.3, -0.25) is 4.79 Å². The van der Waals surface area contributed by atoms with Crippen LogP contribution in [0.2, 0.25) is 0 Å². The molecule has 1 aromatic carbocycles. The Labute approximate surface area is 87.2 Å². The number of rotatable bonds is 2. The molecule has 0 saturated heterocycles. The van der Waals surface area contributed by atoms with E-state index in [1.165, 1.54) is 17.1 Å². The summed E-state index contributed by atoms with van der Waals surface area (Å²) < 4.78 is 12.9. The standard InChI is InChI=1S/C11H11FN2O/c1-8-5-11(15)14(13-8)7-9-3-2-4-10(12)6-9/h2-4,6H,5,7H2,1H3. The first-order valence-electron chi connectivity index (χ1n) is 4.74. The lowest BCUT2D eigenvalue weighted by Gasteiger charge is -2.11. The third-order valence-electron chi connectivity index (χ3n) is 2.21. The van der Waals surface area contributed by atoms with Crippen molar-refractivity contribution in [2.45, 2.75) is 19.9 Å². The number of carbonyl (C=O) groups excluding carboxylic acids is 1. The van der Waals surface area contributed by atoms with E-state index in [4.69, 9.17) is 0 Å². The molecule has 1 heterocycles. The second-order valence-corrected chi connectivity index (χ2v) is 3.59. The van der Waals surface area contributed by atoms with E-state index >= 15 is 0 Å². The summed E-state index contributed by atoms with van der Waals surface area (Å²) in [6.07, 6.45) is 0.370. The maximum absolute atomic E-state index is 12.9. The highest BCUT2D eigenvalue weighted by atomic mass is 19.1. The zero-order valence-electron chi connectivity index (χ0n) is 8.40. The first kappa shape index (κ1) is 9.83. The molecule has 4 heteroatoms. The third-order valence-corrected chi connectivity index (χ3v) is 2.21. The Morgan fingerprint density at radius 1 is 1.53 bits per heavy atom. The molecule has 1 aliphatic heterocycles. The van der Waals surface area contributed by atoms with E-state index in [1.807, 2.05) is 6.92 Å². The Morgan fingerprint density at radius 3 is 2.93 bits per heavy atom. The van der Waals surface area contributed by atoms with E-state index in [0.29, 0.717) is 13.0 Å². The largest absolute Gasteiger partial charge is 0.273 e. The Bertz CT molecular complexity index is 428. The molecule has 1 aliphatic rings. The van der Waals surface area contributed by atoms with Crippen molar-refractivity contribution < 1.29 is 9.18 Å². The van der Waals surface area contributed by atoms with Gasteiger partial charge in [-0.15, -0.1) is 0 Å². The third kappa shape index (κ3) is 2.21. The van der Waals surface area contributed by atoms with Crippen molar-refractivity contribution in [3.8, 4) is 0 Å². The Balaban J connectivity index is 2.12. The normalized spacial score (nSPS) is 15.7. The summed E-state index contributed by atoms with van der Waals surface area (Å²) in [5.74, 6) is -0.323. The molecule has 0 fully saturated rings. The van der Waals surface area contributed by atoms with Crippen LogP contribution in [0, 0.1) is 5.82 Å². The van der Waals surface area contributed by atoms with Crippen molar-refractivity contribution in [3.05, 3.63) is 35.6 Å². The first-order valence-corrected chi connectivity index (χ1v) is 4.74. The summed E-state index contributed by atoms with van der Waals surface area (Å²) in [4.78, 5) is 11.4. The SMILES string of the molecule is CC1=NN(Cc2cccc(F)c2)C(=O)C1. The minimum atomic E-state index is -0.292. The molecular formula is C11H11FN2O. The molecule has 1 aromatic rings. The lowest BCUT2D eigenvalue weighted by Crippen LogP contribution is -2.20. The zero-order chi connectivity index (χ0) is 10.8. The molecule has 15 heavy (non-hydrogen) atoms. The molecule has 0 radical (unpaired) electrons. The van der Waals surface area contributed by atoms with Crippen molar-refractivity contribution in [2.24, 2.45) is 5.10 Å². The Kier molecular flexibility index (Phi) is 2.49. The summed E-state index contributed by atoms with van der Waals surface area (Å²) in [6.45, 7) is 2.15. The lowest BCUT2D eigenvalue weighted by molar-refractivity contribution is -0.129. The molecule has 2 rings (SSSR count). The van der Waals surface area contributed by atoms with Crippen LogP contribution in [0.3, 0.4) is 0 Å². The smallest absolute Gasteiger partial charge is 0.248 e. The van der Waals surface area contributed by atoms with Crippen molar-refractivity contribution in [1.29, 1.82) is 0 Å². The molecule has 0 atom stereocenters. The summed E-state index contributed by atoms with van der Waals surface area (Å²) in [5.41, 5.74) is 1.55. The fourth-order valence-electron chi connectivity index (χ4n) is 1.54. The zero-order valence-corrected chi connectivity index (χ0v) is 8.40. The second-order valence-electron chi connectivity index (χ2n) is 3.59. The molecule has 0 saturated carbocycles. The molecular weight excluding hydrogens is 195 g/mol. The lowest BCUT2D eigenvalue weighted by atomic mass is 10.2. The summed E-state index contributed by atoms with van der Waals surface area (Å²) in [7, 11) is 0. The van der Waals surface area contributed by atoms with E-state index in [2.05, 4.69) is 5.10 Å². The van der Waals surface area contributed by atoms with Crippen molar-refractivity contribution in [1.82, 2.24) is 5.01 Å². The molecule has 0 aromatic heterocycles. The van der Waals surface area contributed by atoms with Crippen molar-refractivity contribution in [2.75, 3.05) is 0 Å². The molecule has 3 nitrogen and oxygen atoms in total. The van der Waals surface area contributed by atoms with Gasteiger partial charge in [-0.1, -0.05) is 12.1 Å². The number of hydrogen-bond acceptors (Lipinski definition) is 2. The fraction of sp³-hybridized carbons (Fsp3) is 0.273. The first-order chi connectivity index (χ1) is 7.15. The van der Waals surface area contributed by atoms with Gasteiger partial charge in [0.1, 0.15) is 5.82 Å². The number of hydrazone groups is 1. The van der Waals surface area contributed by atoms with Crippen LogP contribution in [0.25, 0.3) is 0 Å². The number of hydrogen-bond donors (Lipinski definition) is 0. The van der Waals surface area contributed by atoms with Gasteiger partial charge in [0.25, 0.3) is 0 Å². The molecule has 0 aliphatic carbocycles. The maximum atomic E-state index is 12.9. The van der Waals surface area contributed by atoms with Gasteiger partial charge in [0, 0.05) is 5.71 Å². The van der Waals surface area contributed by atoms with E-state index in [9.17, 15) is 9.18 Å². The number of benzene rings is 1. The fourth-order valence-corrected chi connectivity index (χ4v) is 1.54. The topological polar surface area (TPSA) is 32.7 Å². The molecule has 78 valence electrons. The van der Waals surface area contributed by atoms with Gasteiger partial charge >= 0.3 is 0 Å². The van der Waals surface area contributed by atoms with Gasteiger partial charge < -0.3 is 0 Å². The summed E-state index contributed by atoms with van der Waals surface area (Å²) in [5, 5.41) is 5.45. The molecule has 0 unspecified atom stereocenters. The highest BCUT2D eigenvalue weighted by Gasteiger charge is 2.20. The van der Waals surface area contributed by atoms with Gasteiger partial charge in [-0.2, -0.15) is 5.10 Å². The van der Waals surface area contributed by atoms with E-state index in [-0.39, 0.29) is 11.7 Å². The number of nitrogens with zero attached hydrogens (tertiary/aromatic N) is 2. The van der Waals surface area contributed by atoms with E-state index < -0.39 is 0 Å². The Morgan fingerprint density at radius 2 is 2.33 bits per heavy atom. The van der Waals surface area contributed by atoms with Crippen LogP contribution < -0.4 is 0 Å². The predicted molar refractivity (Wildman–Crippen MR) is 54.7 cm³/mol. The van der Waals surface area contributed by atoms with Crippen LogP contribution in [0.1, 0.15) is 18.9 Å². The molecule has 0 spiro atoms. The van der Waals surface area contributed by atoms with Crippen LogP contribution in [-0.4, -0.2) is 16.6 Å². The quantitative estimate of drug-likeness (QED) is 0.727. The van der Waals surface area contributed by atoms with Gasteiger partial charge in [-0.05, 0) is 24.6 Å². The average Bonchev–Trinajstić information content (AvgIpc) is 2.45. The second kappa shape index (κ2) is 3.81.